The van der Waals surface area contributed by atoms with Gasteiger partial charge in [-0.2, -0.15) is 0 Å². The van der Waals surface area contributed by atoms with Crippen LogP contribution in [0, 0.1) is 23.7 Å². The first-order chi connectivity index (χ1) is 9.70. The van der Waals surface area contributed by atoms with Crippen molar-refractivity contribution in [3.8, 4) is 0 Å². The Kier molecular flexibility index (Phi) is 3.13. The maximum Gasteiger partial charge on any atom is 0.181 e. The summed E-state index contributed by atoms with van der Waals surface area (Å²) >= 11 is 0. The van der Waals surface area contributed by atoms with Crippen molar-refractivity contribution in [3.63, 3.8) is 0 Å². The van der Waals surface area contributed by atoms with Crippen molar-refractivity contribution in [2.75, 3.05) is 0 Å². The average Bonchev–Trinajstić information content (AvgIpc) is 2.83. The van der Waals surface area contributed by atoms with Crippen LogP contribution in [0.25, 0.3) is 0 Å². The van der Waals surface area contributed by atoms with Crippen molar-refractivity contribution in [1.29, 1.82) is 0 Å². The lowest BCUT2D eigenvalue weighted by atomic mass is 9.51. The van der Waals surface area contributed by atoms with Gasteiger partial charge in [-0.25, -0.2) is 4.98 Å². The molecule has 110 valence electrons. The summed E-state index contributed by atoms with van der Waals surface area (Å²) in [5.74, 6) is 5.66. The normalized spacial score (nSPS) is 38.9. The topological polar surface area (TPSA) is 38.1 Å². The molecule has 4 aliphatic rings. The SMILES string of the molecule is CC(C)NCc1ncoc1C1C2CC3CC(C2)CC1C3. The fraction of sp³-hybridized carbons (Fsp3) is 0.824. The molecule has 4 fully saturated rings. The summed E-state index contributed by atoms with van der Waals surface area (Å²) in [5, 5.41) is 3.49. The molecule has 3 heteroatoms. The van der Waals surface area contributed by atoms with Gasteiger partial charge in [-0.1, -0.05) is 13.8 Å². The summed E-state index contributed by atoms with van der Waals surface area (Å²) in [7, 11) is 0. The highest BCUT2D eigenvalue weighted by Gasteiger charge is 2.50. The minimum absolute atomic E-state index is 0.498. The molecular weight excluding hydrogens is 248 g/mol. The van der Waals surface area contributed by atoms with Crippen LogP contribution in [-0.2, 0) is 6.54 Å². The molecule has 1 heterocycles. The quantitative estimate of drug-likeness (QED) is 0.909. The van der Waals surface area contributed by atoms with E-state index in [1.54, 1.807) is 6.39 Å². The monoisotopic (exact) mass is 274 g/mol. The van der Waals surface area contributed by atoms with Crippen LogP contribution < -0.4 is 5.32 Å². The molecule has 4 aliphatic carbocycles. The first-order valence-electron chi connectivity index (χ1n) is 8.36. The van der Waals surface area contributed by atoms with E-state index < -0.39 is 0 Å². The molecular formula is C17H26N2O. The lowest BCUT2D eigenvalue weighted by Gasteiger charge is -2.53. The van der Waals surface area contributed by atoms with Crippen LogP contribution >= 0.6 is 0 Å². The highest BCUT2D eigenvalue weighted by atomic mass is 16.3. The van der Waals surface area contributed by atoms with Gasteiger partial charge in [-0.15, -0.1) is 0 Å². The fourth-order valence-electron chi connectivity index (χ4n) is 5.34. The largest absolute Gasteiger partial charge is 0.448 e. The van der Waals surface area contributed by atoms with Crippen molar-refractivity contribution in [1.82, 2.24) is 10.3 Å². The Morgan fingerprint density at radius 1 is 1.15 bits per heavy atom. The number of aromatic nitrogens is 1. The van der Waals surface area contributed by atoms with Gasteiger partial charge < -0.3 is 9.73 Å². The molecule has 0 saturated heterocycles. The third-order valence-corrected chi connectivity index (χ3v) is 5.88. The molecule has 1 N–H and O–H groups in total. The Balaban J connectivity index is 1.57. The number of hydrogen-bond donors (Lipinski definition) is 1. The average molecular weight is 274 g/mol. The Morgan fingerprint density at radius 3 is 2.40 bits per heavy atom. The standard InChI is InChI=1S/C17H26N2O/c1-10(2)18-8-15-17(20-9-19-15)16-13-4-11-3-12(6-13)7-14(16)5-11/h9-14,16,18H,3-8H2,1-2H3. The van der Waals surface area contributed by atoms with E-state index in [1.807, 2.05) is 0 Å². The second-order valence-electron chi connectivity index (χ2n) is 7.66. The first-order valence-corrected chi connectivity index (χ1v) is 8.36. The highest BCUT2D eigenvalue weighted by molar-refractivity contribution is 5.19. The Morgan fingerprint density at radius 2 is 1.80 bits per heavy atom. The molecule has 4 saturated carbocycles. The van der Waals surface area contributed by atoms with E-state index in [4.69, 9.17) is 4.42 Å². The summed E-state index contributed by atoms with van der Waals surface area (Å²) < 4.78 is 5.87. The maximum atomic E-state index is 5.87. The highest BCUT2D eigenvalue weighted by Crippen LogP contribution is 2.60. The minimum atomic E-state index is 0.498. The van der Waals surface area contributed by atoms with E-state index >= 15 is 0 Å². The van der Waals surface area contributed by atoms with Gasteiger partial charge in [-0.05, 0) is 55.8 Å². The van der Waals surface area contributed by atoms with Crippen LogP contribution in [-0.4, -0.2) is 11.0 Å². The van der Waals surface area contributed by atoms with E-state index in [9.17, 15) is 0 Å². The molecule has 5 rings (SSSR count). The Bertz CT molecular complexity index is 451. The predicted octanol–water partition coefficient (Wildman–Crippen LogP) is 3.71. The zero-order chi connectivity index (χ0) is 13.7. The third-order valence-electron chi connectivity index (χ3n) is 5.88. The van der Waals surface area contributed by atoms with Gasteiger partial charge in [0, 0.05) is 18.5 Å². The summed E-state index contributed by atoms with van der Waals surface area (Å²) in [4.78, 5) is 4.49. The van der Waals surface area contributed by atoms with Gasteiger partial charge in [0.2, 0.25) is 0 Å². The Labute approximate surface area is 121 Å². The zero-order valence-electron chi connectivity index (χ0n) is 12.6. The number of rotatable bonds is 4. The number of hydrogen-bond acceptors (Lipinski definition) is 3. The molecule has 3 nitrogen and oxygen atoms in total. The molecule has 0 aromatic carbocycles. The van der Waals surface area contributed by atoms with Crippen LogP contribution in [0.1, 0.15) is 63.3 Å². The van der Waals surface area contributed by atoms with E-state index in [0.717, 1.165) is 35.9 Å². The molecule has 0 amide bonds. The first kappa shape index (κ1) is 12.9. The number of nitrogens with zero attached hydrogens (tertiary/aromatic N) is 1. The van der Waals surface area contributed by atoms with Gasteiger partial charge in [-0.3, -0.25) is 0 Å². The zero-order valence-corrected chi connectivity index (χ0v) is 12.6. The van der Waals surface area contributed by atoms with Gasteiger partial charge in [0.15, 0.2) is 6.39 Å². The number of nitrogens with one attached hydrogen (secondary N) is 1. The molecule has 20 heavy (non-hydrogen) atoms. The maximum absolute atomic E-state index is 5.87. The lowest BCUT2D eigenvalue weighted by molar-refractivity contribution is -0.0100. The van der Waals surface area contributed by atoms with Crippen LogP contribution in [0.2, 0.25) is 0 Å². The van der Waals surface area contributed by atoms with E-state index in [2.05, 4.69) is 24.1 Å². The van der Waals surface area contributed by atoms with Crippen molar-refractivity contribution >= 4 is 0 Å². The second-order valence-corrected chi connectivity index (χ2v) is 7.66. The second kappa shape index (κ2) is 4.87. The summed E-state index contributed by atoms with van der Waals surface area (Å²) in [6.07, 6.45) is 8.94. The molecule has 0 atom stereocenters. The number of oxazole rings is 1. The van der Waals surface area contributed by atoms with Crippen LogP contribution in [0.15, 0.2) is 10.8 Å². The van der Waals surface area contributed by atoms with Gasteiger partial charge in [0.25, 0.3) is 0 Å². The molecule has 4 bridgehead atoms. The molecule has 0 radical (unpaired) electrons. The molecule has 1 aromatic heterocycles. The van der Waals surface area contributed by atoms with E-state index in [1.165, 1.54) is 37.9 Å². The molecule has 0 unspecified atom stereocenters. The molecule has 0 aliphatic heterocycles. The smallest absolute Gasteiger partial charge is 0.181 e. The van der Waals surface area contributed by atoms with Crippen LogP contribution in [0.3, 0.4) is 0 Å². The fourth-order valence-corrected chi connectivity index (χ4v) is 5.34. The summed E-state index contributed by atoms with van der Waals surface area (Å²) in [6, 6.07) is 0.498. The van der Waals surface area contributed by atoms with Crippen molar-refractivity contribution < 1.29 is 4.42 Å². The van der Waals surface area contributed by atoms with E-state index in [-0.39, 0.29) is 0 Å². The van der Waals surface area contributed by atoms with Crippen LogP contribution in [0.5, 0.6) is 0 Å². The third kappa shape index (κ3) is 2.11. The Hall–Kier alpha value is -0.830. The van der Waals surface area contributed by atoms with Crippen molar-refractivity contribution in [3.05, 3.63) is 17.8 Å². The van der Waals surface area contributed by atoms with Crippen LogP contribution in [0.4, 0.5) is 0 Å². The van der Waals surface area contributed by atoms with Gasteiger partial charge >= 0.3 is 0 Å². The molecule has 1 aromatic rings. The lowest BCUT2D eigenvalue weighted by Crippen LogP contribution is -2.44. The summed E-state index contributed by atoms with van der Waals surface area (Å²) in [6.45, 7) is 5.22. The predicted molar refractivity (Wildman–Crippen MR) is 78.3 cm³/mol. The van der Waals surface area contributed by atoms with Gasteiger partial charge in [0.05, 0.1) is 5.69 Å². The minimum Gasteiger partial charge on any atom is -0.448 e. The summed E-state index contributed by atoms with van der Waals surface area (Å²) in [5.41, 5.74) is 1.16. The van der Waals surface area contributed by atoms with Crippen molar-refractivity contribution in [2.24, 2.45) is 23.7 Å². The van der Waals surface area contributed by atoms with Crippen molar-refractivity contribution in [2.45, 2.75) is 64.5 Å². The van der Waals surface area contributed by atoms with Gasteiger partial charge in [0.1, 0.15) is 5.76 Å². The molecule has 0 spiro atoms. The van der Waals surface area contributed by atoms with E-state index in [0.29, 0.717) is 12.0 Å².